The second kappa shape index (κ2) is 6.48. The number of hydrogen-bond donors (Lipinski definition) is 1. The highest BCUT2D eigenvalue weighted by molar-refractivity contribution is 5.32. The Bertz CT molecular complexity index is 531. The number of nitrogens with two attached hydrogens (primary N) is 1. The van der Waals surface area contributed by atoms with Crippen molar-refractivity contribution in [3.63, 3.8) is 0 Å². The van der Waals surface area contributed by atoms with Gasteiger partial charge in [0.25, 0.3) is 0 Å². The lowest BCUT2D eigenvalue weighted by atomic mass is 9.97. The van der Waals surface area contributed by atoms with Gasteiger partial charge in [-0.3, -0.25) is 0 Å². The lowest BCUT2D eigenvalue weighted by Crippen LogP contribution is -2.04. The molecular weight excluding hydrogens is 237 g/mol. The summed E-state index contributed by atoms with van der Waals surface area (Å²) >= 11 is 0. The van der Waals surface area contributed by atoms with Gasteiger partial charge >= 0.3 is 0 Å². The second-order valence-corrected chi connectivity index (χ2v) is 4.93. The molecule has 0 aliphatic heterocycles. The quantitative estimate of drug-likeness (QED) is 0.872. The molecule has 2 N–H and O–H groups in total. The Morgan fingerprint density at radius 2 is 1.58 bits per heavy atom. The average Bonchev–Trinajstić information content (AvgIpc) is 2.41. The van der Waals surface area contributed by atoms with Crippen molar-refractivity contribution < 1.29 is 4.39 Å². The molecule has 100 valence electrons. The van der Waals surface area contributed by atoms with E-state index in [1.165, 1.54) is 34.4 Å². The van der Waals surface area contributed by atoms with Crippen molar-refractivity contribution in [2.45, 2.75) is 26.2 Å². The molecule has 0 fully saturated rings. The highest BCUT2D eigenvalue weighted by Gasteiger charge is 2.02. The van der Waals surface area contributed by atoms with E-state index < -0.39 is 0 Å². The third kappa shape index (κ3) is 3.90. The summed E-state index contributed by atoms with van der Waals surface area (Å²) in [5.74, 6) is -0.176. The predicted octanol–water partition coefficient (Wildman–Crippen LogP) is 3.42. The van der Waals surface area contributed by atoms with Gasteiger partial charge in [0, 0.05) is 0 Å². The van der Waals surface area contributed by atoms with Crippen molar-refractivity contribution in [1.82, 2.24) is 0 Å². The van der Waals surface area contributed by atoms with Crippen LogP contribution >= 0.6 is 0 Å². The Morgan fingerprint density at radius 3 is 2.26 bits per heavy atom. The van der Waals surface area contributed by atoms with Crippen molar-refractivity contribution in [2.24, 2.45) is 5.73 Å². The largest absolute Gasteiger partial charge is 0.330 e. The number of hydrogen-bond acceptors (Lipinski definition) is 1. The van der Waals surface area contributed by atoms with Crippen molar-refractivity contribution in [2.75, 3.05) is 6.54 Å². The van der Waals surface area contributed by atoms with E-state index in [-0.39, 0.29) is 5.82 Å². The highest BCUT2D eigenvalue weighted by atomic mass is 19.1. The average molecular weight is 257 g/mol. The predicted molar refractivity (Wildman–Crippen MR) is 77.7 cm³/mol. The van der Waals surface area contributed by atoms with Crippen LogP contribution in [0.5, 0.6) is 0 Å². The molecule has 0 saturated carbocycles. The molecule has 2 aromatic carbocycles. The van der Waals surface area contributed by atoms with Crippen molar-refractivity contribution in [1.29, 1.82) is 0 Å². The molecule has 0 saturated heterocycles. The third-order valence-corrected chi connectivity index (χ3v) is 3.44. The van der Waals surface area contributed by atoms with Gasteiger partial charge < -0.3 is 5.73 Å². The van der Waals surface area contributed by atoms with Gasteiger partial charge in [0.1, 0.15) is 5.82 Å². The summed E-state index contributed by atoms with van der Waals surface area (Å²) in [5.41, 5.74) is 10.7. The Balaban J connectivity index is 2.05. The van der Waals surface area contributed by atoms with Gasteiger partial charge in [0.2, 0.25) is 0 Å². The molecule has 0 radical (unpaired) electrons. The highest BCUT2D eigenvalue weighted by Crippen LogP contribution is 2.15. The second-order valence-electron chi connectivity index (χ2n) is 4.93. The lowest BCUT2D eigenvalue weighted by molar-refractivity contribution is 0.627. The monoisotopic (exact) mass is 257 g/mol. The van der Waals surface area contributed by atoms with Crippen LogP contribution in [0.4, 0.5) is 4.39 Å². The summed E-state index contributed by atoms with van der Waals surface area (Å²) in [6, 6.07) is 13.3. The zero-order chi connectivity index (χ0) is 13.7. The standard InChI is InChI=1S/C17H20FN/c1-13-2-3-15(10-11-19)12-16(13)7-4-14-5-8-17(18)9-6-14/h2-3,5-6,8-9,12H,4,7,10-11,19H2,1H3. The fraction of sp³-hybridized carbons (Fsp3) is 0.294. The van der Waals surface area contributed by atoms with Gasteiger partial charge in [-0.25, -0.2) is 4.39 Å². The molecule has 0 aromatic heterocycles. The minimum Gasteiger partial charge on any atom is -0.330 e. The Labute approximate surface area is 114 Å². The topological polar surface area (TPSA) is 26.0 Å². The SMILES string of the molecule is Cc1ccc(CCN)cc1CCc1ccc(F)cc1. The fourth-order valence-electron chi connectivity index (χ4n) is 2.25. The van der Waals surface area contributed by atoms with Crippen LogP contribution in [0.25, 0.3) is 0 Å². The van der Waals surface area contributed by atoms with Crippen LogP contribution < -0.4 is 5.73 Å². The van der Waals surface area contributed by atoms with E-state index in [0.29, 0.717) is 6.54 Å². The minimum atomic E-state index is -0.176. The van der Waals surface area contributed by atoms with Crippen molar-refractivity contribution in [3.8, 4) is 0 Å². The number of benzene rings is 2. The van der Waals surface area contributed by atoms with Crippen LogP contribution in [-0.2, 0) is 19.3 Å². The molecule has 0 atom stereocenters. The van der Waals surface area contributed by atoms with Gasteiger partial charge in [-0.15, -0.1) is 0 Å². The number of aryl methyl sites for hydroxylation is 3. The van der Waals surface area contributed by atoms with E-state index in [2.05, 4.69) is 25.1 Å². The molecule has 0 aliphatic carbocycles. The van der Waals surface area contributed by atoms with Gasteiger partial charge in [0.05, 0.1) is 0 Å². The maximum atomic E-state index is 12.8. The number of halogens is 1. The van der Waals surface area contributed by atoms with Crippen LogP contribution in [0.3, 0.4) is 0 Å². The lowest BCUT2D eigenvalue weighted by Gasteiger charge is -2.09. The fourth-order valence-corrected chi connectivity index (χ4v) is 2.25. The van der Waals surface area contributed by atoms with Gasteiger partial charge in [-0.05, 0) is 67.1 Å². The maximum Gasteiger partial charge on any atom is 0.123 e. The van der Waals surface area contributed by atoms with E-state index in [4.69, 9.17) is 5.73 Å². The molecule has 0 amide bonds. The van der Waals surface area contributed by atoms with Crippen LogP contribution in [0.15, 0.2) is 42.5 Å². The van der Waals surface area contributed by atoms with Crippen molar-refractivity contribution in [3.05, 3.63) is 70.5 Å². The van der Waals surface area contributed by atoms with Crippen LogP contribution in [0.2, 0.25) is 0 Å². The van der Waals surface area contributed by atoms with Gasteiger partial charge in [0.15, 0.2) is 0 Å². The first-order valence-electron chi connectivity index (χ1n) is 6.72. The normalized spacial score (nSPS) is 10.7. The molecule has 0 spiro atoms. The third-order valence-electron chi connectivity index (χ3n) is 3.44. The van der Waals surface area contributed by atoms with E-state index in [1.54, 1.807) is 0 Å². The summed E-state index contributed by atoms with van der Waals surface area (Å²) in [6.07, 6.45) is 2.84. The van der Waals surface area contributed by atoms with E-state index in [1.807, 2.05) is 12.1 Å². The van der Waals surface area contributed by atoms with Crippen LogP contribution in [0, 0.1) is 12.7 Å². The Hall–Kier alpha value is -1.67. The molecule has 0 unspecified atom stereocenters. The van der Waals surface area contributed by atoms with Crippen LogP contribution in [0.1, 0.15) is 22.3 Å². The minimum absolute atomic E-state index is 0.176. The molecule has 1 nitrogen and oxygen atoms in total. The first-order chi connectivity index (χ1) is 9.19. The smallest absolute Gasteiger partial charge is 0.123 e. The summed E-state index contributed by atoms with van der Waals surface area (Å²) in [5, 5.41) is 0. The number of rotatable bonds is 5. The molecule has 2 aromatic rings. The molecule has 2 rings (SSSR count). The van der Waals surface area contributed by atoms with Crippen LogP contribution in [-0.4, -0.2) is 6.54 Å². The van der Waals surface area contributed by atoms with Gasteiger partial charge in [-0.2, -0.15) is 0 Å². The molecule has 19 heavy (non-hydrogen) atoms. The first-order valence-corrected chi connectivity index (χ1v) is 6.72. The summed E-state index contributed by atoms with van der Waals surface area (Å²) in [7, 11) is 0. The van der Waals surface area contributed by atoms with Gasteiger partial charge in [-0.1, -0.05) is 30.3 Å². The molecule has 0 bridgehead atoms. The molecule has 0 heterocycles. The van der Waals surface area contributed by atoms with E-state index >= 15 is 0 Å². The Kier molecular flexibility index (Phi) is 4.69. The molecular formula is C17H20FN. The summed E-state index contributed by atoms with van der Waals surface area (Å²) in [4.78, 5) is 0. The zero-order valence-corrected chi connectivity index (χ0v) is 11.3. The molecule has 2 heteroatoms. The summed E-state index contributed by atoms with van der Waals surface area (Å²) < 4.78 is 12.8. The summed E-state index contributed by atoms with van der Waals surface area (Å²) in [6.45, 7) is 2.81. The van der Waals surface area contributed by atoms with E-state index in [0.717, 1.165) is 19.3 Å². The maximum absolute atomic E-state index is 12.8. The Morgan fingerprint density at radius 1 is 0.895 bits per heavy atom. The molecule has 0 aliphatic rings. The van der Waals surface area contributed by atoms with E-state index in [9.17, 15) is 4.39 Å². The first kappa shape index (κ1) is 13.8. The zero-order valence-electron chi connectivity index (χ0n) is 11.3. The van der Waals surface area contributed by atoms with Crippen molar-refractivity contribution >= 4 is 0 Å².